The van der Waals surface area contributed by atoms with Crippen molar-refractivity contribution >= 4 is 21.4 Å². The quantitative estimate of drug-likeness (QED) is 0.271. The molecule has 6 rings (SSSR count). The average Bonchev–Trinajstić information content (AvgIpc) is 3.62. The summed E-state index contributed by atoms with van der Waals surface area (Å²) in [6.07, 6.45) is 0.572. The largest absolute Gasteiger partial charge is 0.324 e. The first kappa shape index (κ1) is 25.1. The maximum absolute atomic E-state index is 15.7. The number of hydrogen-bond acceptors (Lipinski definition) is 7. The number of hydrazine groups is 1. The molecule has 2 atom stereocenters. The van der Waals surface area contributed by atoms with E-state index in [-0.39, 0.29) is 28.4 Å². The number of sulfonamides is 1. The Morgan fingerprint density at radius 3 is 2.47 bits per heavy atom. The van der Waals surface area contributed by atoms with Gasteiger partial charge in [0.25, 0.3) is 10.0 Å². The van der Waals surface area contributed by atoms with Gasteiger partial charge in [-0.05, 0) is 48.2 Å². The standard InChI is InChI=1S/C25H24F4N6O2S/c26-11-9-15-12(3-5-17(15)30)19(10-11)38(36,37)35-18-6-4-16(27)20(22(18)29)13-1-2-14-23(21(13)28)33-34-24(14)25-31-7-8-32-25/h1-2,4,6,9-10,17,24-25,31-35H,3,5,7-8,30H2/t17-,24?/m0/s1. The Balaban J connectivity index is 1.38. The van der Waals surface area contributed by atoms with Crippen LogP contribution in [0.1, 0.15) is 35.2 Å². The lowest BCUT2D eigenvalue weighted by atomic mass is 9.97. The summed E-state index contributed by atoms with van der Waals surface area (Å²) in [4.78, 5) is -0.370. The molecule has 0 bridgehead atoms. The van der Waals surface area contributed by atoms with Crippen LogP contribution < -0.4 is 31.9 Å². The molecule has 2 heterocycles. The van der Waals surface area contributed by atoms with E-state index in [2.05, 4.69) is 26.2 Å². The zero-order chi connectivity index (χ0) is 26.8. The van der Waals surface area contributed by atoms with Crippen LogP contribution >= 0.6 is 0 Å². The molecular formula is C25H24F4N6O2S. The number of benzene rings is 3. The molecule has 3 aliphatic rings. The van der Waals surface area contributed by atoms with Gasteiger partial charge in [-0.3, -0.25) is 15.4 Å². The highest BCUT2D eigenvalue weighted by Gasteiger charge is 2.35. The van der Waals surface area contributed by atoms with E-state index in [1.165, 1.54) is 12.1 Å². The minimum absolute atomic E-state index is 0.0412. The first-order valence-electron chi connectivity index (χ1n) is 12.1. The van der Waals surface area contributed by atoms with Crippen molar-refractivity contribution in [2.24, 2.45) is 5.73 Å². The second-order valence-electron chi connectivity index (χ2n) is 9.53. The Hall–Kier alpha value is -3.23. The van der Waals surface area contributed by atoms with Gasteiger partial charge in [0.05, 0.1) is 34.0 Å². The van der Waals surface area contributed by atoms with Crippen LogP contribution in [0.2, 0.25) is 0 Å². The normalized spacial score (nSPS) is 20.9. The van der Waals surface area contributed by atoms with E-state index in [4.69, 9.17) is 5.73 Å². The minimum atomic E-state index is -4.49. The second kappa shape index (κ2) is 9.20. The molecule has 38 heavy (non-hydrogen) atoms. The third kappa shape index (κ3) is 4.01. The van der Waals surface area contributed by atoms with Crippen molar-refractivity contribution in [1.82, 2.24) is 16.1 Å². The van der Waals surface area contributed by atoms with Crippen LogP contribution in [-0.2, 0) is 16.4 Å². The predicted octanol–water partition coefficient (Wildman–Crippen LogP) is 3.15. The summed E-state index contributed by atoms with van der Waals surface area (Å²) in [6.45, 7) is 1.48. The van der Waals surface area contributed by atoms with E-state index in [1.54, 1.807) is 6.07 Å². The molecule has 7 N–H and O–H groups in total. The number of halogens is 4. The van der Waals surface area contributed by atoms with Crippen molar-refractivity contribution in [3.05, 3.63) is 76.4 Å². The molecule has 2 aliphatic heterocycles. The van der Waals surface area contributed by atoms with Crippen molar-refractivity contribution in [2.75, 3.05) is 23.2 Å². The summed E-state index contributed by atoms with van der Waals surface area (Å²) >= 11 is 0. The fourth-order valence-corrected chi connectivity index (χ4v) is 6.80. The third-order valence-electron chi connectivity index (χ3n) is 7.26. The van der Waals surface area contributed by atoms with Crippen LogP contribution in [0.25, 0.3) is 11.1 Å². The molecule has 0 saturated carbocycles. The SMILES string of the molecule is N[C@H]1CCc2c1cc(F)cc2S(=O)(=O)Nc1ccc(F)c(-c2ccc3c(c2F)NNC3C2NCCN2)c1F. The van der Waals surface area contributed by atoms with Gasteiger partial charge in [-0.1, -0.05) is 12.1 Å². The molecule has 0 radical (unpaired) electrons. The molecule has 3 aromatic rings. The topological polar surface area (TPSA) is 120 Å². The van der Waals surface area contributed by atoms with Gasteiger partial charge < -0.3 is 11.2 Å². The fraction of sp³-hybridized carbons (Fsp3) is 0.280. The Morgan fingerprint density at radius 1 is 0.947 bits per heavy atom. The van der Waals surface area contributed by atoms with Crippen molar-refractivity contribution in [3.63, 3.8) is 0 Å². The molecular weight excluding hydrogens is 524 g/mol. The molecule has 1 fully saturated rings. The predicted molar refractivity (Wildman–Crippen MR) is 134 cm³/mol. The molecule has 13 heteroatoms. The molecule has 3 aromatic carbocycles. The van der Waals surface area contributed by atoms with Gasteiger partial charge in [0.1, 0.15) is 11.6 Å². The first-order chi connectivity index (χ1) is 18.2. The molecule has 200 valence electrons. The lowest BCUT2D eigenvalue weighted by Gasteiger charge is -2.19. The molecule has 1 aliphatic carbocycles. The van der Waals surface area contributed by atoms with E-state index >= 15 is 8.78 Å². The summed E-state index contributed by atoms with van der Waals surface area (Å²) in [5, 5.41) is 6.47. The Morgan fingerprint density at radius 2 is 1.71 bits per heavy atom. The highest BCUT2D eigenvalue weighted by Crippen LogP contribution is 2.41. The fourth-order valence-electron chi connectivity index (χ4n) is 5.43. The van der Waals surface area contributed by atoms with E-state index < -0.39 is 50.6 Å². The Bertz CT molecular complexity index is 1560. The van der Waals surface area contributed by atoms with E-state index in [9.17, 15) is 17.2 Å². The van der Waals surface area contributed by atoms with E-state index in [0.29, 0.717) is 29.5 Å². The summed E-state index contributed by atoms with van der Waals surface area (Å²) in [6, 6.07) is 5.73. The highest BCUT2D eigenvalue weighted by molar-refractivity contribution is 7.92. The number of nitrogens with one attached hydrogen (secondary N) is 5. The van der Waals surface area contributed by atoms with Gasteiger partial charge in [0.15, 0.2) is 11.6 Å². The van der Waals surface area contributed by atoms with Crippen LogP contribution in [-0.4, -0.2) is 27.7 Å². The summed E-state index contributed by atoms with van der Waals surface area (Å²) in [7, 11) is -4.49. The minimum Gasteiger partial charge on any atom is -0.324 e. The lowest BCUT2D eigenvalue weighted by molar-refractivity contribution is 0.423. The lowest BCUT2D eigenvalue weighted by Crippen LogP contribution is -2.42. The van der Waals surface area contributed by atoms with Gasteiger partial charge in [0, 0.05) is 30.3 Å². The molecule has 1 unspecified atom stereocenters. The van der Waals surface area contributed by atoms with Gasteiger partial charge in [-0.15, -0.1) is 0 Å². The van der Waals surface area contributed by atoms with Crippen molar-refractivity contribution in [1.29, 1.82) is 0 Å². The molecule has 0 aromatic heterocycles. The monoisotopic (exact) mass is 548 g/mol. The molecule has 8 nitrogen and oxygen atoms in total. The van der Waals surface area contributed by atoms with Crippen molar-refractivity contribution in [3.8, 4) is 11.1 Å². The summed E-state index contributed by atoms with van der Waals surface area (Å²) < 4.78 is 88.8. The van der Waals surface area contributed by atoms with Gasteiger partial charge in [0.2, 0.25) is 0 Å². The highest BCUT2D eigenvalue weighted by atomic mass is 32.2. The first-order valence-corrected chi connectivity index (χ1v) is 13.5. The second-order valence-corrected chi connectivity index (χ2v) is 11.2. The summed E-state index contributed by atoms with van der Waals surface area (Å²) in [5.74, 6) is -4.09. The Kier molecular flexibility index (Phi) is 6.07. The average molecular weight is 549 g/mol. The van der Waals surface area contributed by atoms with Crippen molar-refractivity contribution < 1.29 is 26.0 Å². The van der Waals surface area contributed by atoms with Crippen LogP contribution in [0.3, 0.4) is 0 Å². The number of hydrogen-bond donors (Lipinski definition) is 6. The van der Waals surface area contributed by atoms with E-state index in [1.807, 2.05) is 0 Å². The zero-order valence-corrected chi connectivity index (χ0v) is 20.7. The summed E-state index contributed by atoms with van der Waals surface area (Å²) in [5.41, 5.74) is 11.3. The van der Waals surface area contributed by atoms with Gasteiger partial charge in [-0.25, -0.2) is 31.4 Å². The van der Waals surface area contributed by atoms with Crippen molar-refractivity contribution in [2.45, 2.75) is 36.0 Å². The maximum atomic E-state index is 15.7. The van der Waals surface area contributed by atoms with Crippen LogP contribution in [0.4, 0.5) is 28.9 Å². The van der Waals surface area contributed by atoms with Crippen LogP contribution in [0, 0.1) is 23.3 Å². The molecule has 0 amide bonds. The third-order valence-corrected chi connectivity index (χ3v) is 8.69. The smallest absolute Gasteiger partial charge is 0.262 e. The zero-order valence-electron chi connectivity index (χ0n) is 19.8. The number of rotatable bonds is 5. The molecule has 0 spiro atoms. The van der Waals surface area contributed by atoms with Crippen LogP contribution in [0.5, 0.6) is 0 Å². The van der Waals surface area contributed by atoms with E-state index in [0.717, 1.165) is 31.3 Å². The van der Waals surface area contributed by atoms with Crippen LogP contribution in [0.15, 0.2) is 41.3 Å². The Labute approximate surface area is 216 Å². The van der Waals surface area contributed by atoms with Gasteiger partial charge in [-0.2, -0.15) is 0 Å². The number of nitrogens with two attached hydrogens (primary N) is 1. The maximum Gasteiger partial charge on any atom is 0.262 e. The number of anilines is 2. The molecule has 1 saturated heterocycles. The number of fused-ring (bicyclic) bond motifs is 2. The van der Waals surface area contributed by atoms with Gasteiger partial charge >= 0.3 is 0 Å².